The molecule has 2 aliphatic rings. The van der Waals surface area contributed by atoms with E-state index < -0.39 is 5.25 Å². The first kappa shape index (κ1) is 21.5. The molecule has 8 heteroatoms. The summed E-state index contributed by atoms with van der Waals surface area (Å²) in [6.07, 6.45) is 1.62. The van der Waals surface area contributed by atoms with Crippen LogP contribution in [0.25, 0.3) is 0 Å². The third kappa shape index (κ3) is 4.62. The van der Waals surface area contributed by atoms with E-state index in [1.54, 1.807) is 6.07 Å². The van der Waals surface area contributed by atoms with Crippen LogP contribution in [0, 0.1) is 0 Å². The lowest BCUT2D eigenvalue weighted by molar-refractivity contribution is -0.124. The number of halogens is 2. The molecule has 0 aromatic heterocycles. The van der Waals surface area contributed by atoms with Crippen molar-refractivity contribution < 1.29 is 14.3 Å². The molecule has 30 heavy (non-hydrogen) atoms. The van der Waals surface area contributed by atoms with E-state index in [9.17, 15) is 9.59 Å². The third-order valence-corrected chi connectivity index (χ3v) is 7.48. The summed E-state index contributed by atoms with van der Waals surface area (Å²) in [7, 11) is 0. The molecule has 2 amide bonds. The minimum Gasteiger partial charge on any atom is -0.381 e. The van der Waals surface area contributed by atoms with Gasteiger partial charge in [0.2, 0.25) is 11.8 Å². The highest BCUT2D eigenvalue weighted by Crippen LogP contribution is 2.40. The molecule has 2 aliphatic heterocycles. The lowest BCUT2D eigenvalue weighted by Gasteiger charge is -2.38. The molecule has 0 aliphatic carbocycles. The Labute approximate surface area is 189 Å². The molecule has 0 saturated carbocycles. The van der Waals surface area contributed by atoms with E-state index in [1.807, 2.05) is 36.4 Å². The van der Waals surface area contributed by atoms with Gasteiger partial charge in [0.1, 0.15) is 0 Å². The first-order chi connectivity index (χ1) is 14.5. The Morgan fingerprint density at radius 3 is 2.73 bits per heavy atom. The lowest BCUT2D eigenvalue weighted by Crippen LogP contribution is -2.45. The highest BCUT2D eigenvalue weighted by atomic mass is 35.5. The summed E-state index contributed by atoms with van der Waals surface area (Å²) in [5, 5.41) is 6.65. The molecule has 2 heterocycles. The maximum Gasteiger partial charge on any atom is 0.238 e. The number of ether oxygens (including phenoxy) is 1. The first-order valence-corrected chi connectivity index (χ1v) is 11.5. The van der Waals surface area contributed by atoms with Gasteiger partial charge in [0.05, 0.1) is 10.9 Å². The summed E-state index contributed by atoms with van der Waals surface area (Å²) in [5.41, 5.74) is 1.45. The van der Waals surface area contributed by atoms with Crippen molar-refractivity contribution in [1.82, 2.24) is 5.32 Å². The van der Waals surface area contributed by atoms with Gasteiger partial charge >= 0.3 is 0 Å². The van der Waals surface area contributed by atoms with Gasteiger partial charge in [-0.05, 0) is 42.7 Å². The number of thioether (sulfide) groups is 1. The van der Waals surface area contributed by atoms with E-state index in [0.29, 0.717) is 29.8 Å². The Balaban J connectivity index is 1.44. The van der Waals surface area contributed by atoms with Crippen molar-refractivity contribution in [3.05, 3.63) is 58.1 Å². The minimum atomic E-state index is -0.454. The smallest absolute Gasteiger partial charge is 0.238 e. The van der Waals surface area contributed by atoms with Gasteiger partial charge in [-0.15, -0.1) is 11.8 Å². The molecule has 4 rings (SSSR count). The molecular formula is C22H22Cl2N2O3S. The number of benzene rings is 2. The Kier molecular flexibility index (Phi) is 6.58. The SMILES string of the molecule is O=C(CC1Sc2ccccc2NC1=O)NCC1(c2ccc(Cl)cc2Cl)CCOCC1. The minimum absolute atomic E-state index is 0.117. The van der Waals surface area contributed by atoms with Crippen LogP contribution in [0.2, 0.25) is 10.0 Å². The van der Waals surface area contributed by atoms with Crippen molar-refractivity contribution >= 4 is 52.5 Å². The van der Waals surface area contributed by atoms with Crippen molar-refractivity contribution in [3.8, 4) is 0 Å². The molecule has 0 radical (unpaired) electrons. The van der Waals surface area contributed by atoms with Crippen LogP contribution in [-0.2, 0) is 19.7 Å². The van der Waals surface area contributed by atoms with E-state index in [0.717, 1.165) is 29.0 Å². The second-order valence-electron chi connectivity index (χ2n) is 7.59. The summed E-state index contributed by atoms with van der Waals surface area (Å²) < 4.78 is 5.55. The van der Waals surface area contributed by atoms with Gasteiger partial charge < -0.3 is 15.4 Å². The zero-order valence-corrected chi connectivity index (χ0v) is 18.6. The zero-order valence-electron chi connectivity index (χ0n) is 16.3. The van der Waals surface area contributed by atoms with E-state index in [1.165, 1.54) is 11.8 Å². The predicted molar refractivity (Wildman–Crippen MR) is 121 cm³/mol. The van der Waals surface area contributed by atoms with Crippen molar-refractivity contribution in [2.24, 2.45) is 0 Å². The number of carbonyl (C=O) groups excluding carboxylic acids is 2. The lowest BCUT2D eigenvalue weighted by atomic mass is 9.74. The average Bonchev–Trinajstić information content (AvgIpc) is 2.73. The molecule has 0 spiro atoms. The van der Waals surface area contributed by atoms with Crippen LogP contribution in [0.15, 0.2) is 47.4 Å². The summed E-state index contributed by atoms with van der Waals surface area (Å²) in [4.78, 5) is 26.1. The molecule has 2 N–H and O–H groups in total. The Bertz CT molecular complexity index is 963. The standard InChI is InChI=1S/C22H22Cl2N2O3S/c23-14-5-6-15(16(24)11-14)22(7-9-29-10-8-22)13-25-20(27)12-19-21(28)26-17-3-1-2-4-18(17)30-19/h1-6,11,19H,7-10,12-13H2,(H,25,27)(H,26,28). The topological polar surface area (TPSA) is 67.4 Å². The Hall–Kier alpha value is -1.73. The molecule has 1 fully saturated rings. The van der Waals surface area contributed by atoms with Crippen molar-refractivity contribution in [1.29, 1.82) is 0 Å². The zero-order chi connectivity index (χ0) is 21.1. The second-order valence-corrected chi connectivity index (χ2v) is 9.68. The van der Waals surface area contributed by atoms with Gasteiger partial charge in [0.25, 0.3) is 0 Å². The number of amides is 2. The molecule has 1 atom stereocenters. The van der Waals surface area contributed by atoms with Crippen molar-refractivity contribution in [3.63, 3.8) is 0 Å². The number of hydrogen-bond donors (Lipinski definition) is 2. The fraction of sp³-hybridized carbons (Fsp3) is 0.364. The largest absolute Gasteiger partial charge is 0.381 e. The Morgan fingerprint density at radius 1 is 1.20 bits per heavy atom. The molecular weight excluding hydrogens is 443 g/mol. The van der Waals surface area contributed by atoms with Crippen LogP contribution in [0.3, 0.4) is 0 Å². The van der Waals surface area contributed by atoms with Gasteiger partial charge in [-0.3, -0.25) is 9.59 Å². The second kappa shape index (κ2) is 9.18. The van der Waals surface area contributed by atoms with E-state index in [-0.39, 0.29) is 23.7 Å². The van der Waals surface area contributed by atoms with Crippen molar-refractivity contribution in [2.75, 3.05) is 25.1 Å². The van der Waals surface area contributed by atoms with E-state index in [2.05, 4.69) is 10.6 Å². The highest BCUT2D eigenvalue weighted by molar-refractivity contribution is 8.01. The van der Waals surface area contributed by atoms with Gasteiger partial charge in [-0.25, -0.2) is 0 Å². The van der Waals surface area contributed by atoms with Crippen LogP contribution in [0.5, 0.6) is 0 Å². The molecule has 158 valence electrons. The number of carbonyl (C=O) groups is 2. The van der Waals surface area contributed by atoms with E-state index in [4.69, 9.17) is 27.9 Å². The third-order valence-electron chi connectivity index (χ3n) is 5.65. The van der Waals surface area contributed by atoms with Crippen LogP contribution in [-0.4, -0.2) is 36.8 Å². The molecule has 2 aromatic carbocycles. The van der Waals surface area contributed by atoms with Crippen LogP contribution < -0.4 is 10.6 Å². The monoisotopic (exact) mass is 464 g/mol. The van der Waals surface area contributed by atoms with Gasteiger partial charge in [-0.2, -0.15) is 0 Å². The number of para-hydroxylation sites is 1. The van der Waals surface area contributed by atoms with Gasteiger partial charge in [0, 0.05) is 46.5 Å². The summed E-state index contributed by atoms with van der Waals surface area (Å²) in [6, 6.07) is 13.1. The molecule has 0 bridgehead atoms. The number of fused-ring (bicyclic) bond motifs is 1. The predicted octanol–water partition coefficient (Wildman–Crippen LogP) is 4.66. The summed E-state index contributed by atoms with van der Waals surface area (Å²) in [5.74, 6) is -0.298. The van der Waals surface area contributed by atoms with Crippen LogP contribution in [0.4, 0.5) is 5.69 Å². The molecule has 1 saturated heterocycles. The maximum atomic E-state index is 12.7. The quantitative estimate of drug-likeness (QED) is 0.674. The fourth-order valence-corrected chi connectivity index (χ4v) is 5.68. The van der Waals surface area contributed by atoms with Gasteiger partial charge in [0.15, 0.2) is 0 Å². The molecule has 1 unspecified atom stereocenters. The summed E-state index contributed by atoms with van der Waals surface area (Å²) >= 11 is 14.0. The normalized spacial score (nSPS) is 20.2. The highest BCUT2D eigenvalue weighted by Gasteiger charge is 2.37. The first-order valence-electron chi connectivity index (χ1n) is 9.83. The molecule has 2 aromatic rings. The number of rotatable bonds is 5. The summed E-state index contributed by atoms with van der Waals surface area (Å²) in [6.45, 7) is 1.64. The Morgan fingerprint density at radius 2 is 1.97 bits per heavy atom. The van der Waals surface area contributed by atoms with Gasteiger partial charge in [-0.1, -0.05) is 41.4 Å². The fourth-order valence-electron chi connectivity index (χ4n) is 3.96. The van der Waals surface area contributed by atoms with Crippen LogP contribution in [0.1, 0.15) is 24.8 Å². The van der Waals surface area contributed by atoms with Crippen LogP contribution >= 0.6 is 35.0 Å². The average molecular weight is 465 g/mol. The van der Waals surface area contributed by atoms with Crippen molar-refractivity contribution in [2.45, 2.75) is 34.8 Å². The maximum absolute atomic E-state index is 12.7. The molecule has 5 nitrogen and oxygen atoms in total. The number of hydrogen-bond acceptors (Lipinski definition) is 4. The number of nitrogens with one attached hydrogen (secondary N) is 2. The number of anilines is 1. The van der Waals surface area contributed by atoms with E-state index >= 15 is 0 Å².